The maximum absolute atomic E-state index is 12.6. The predicted octanol–water partition coefficient (Wildman–Crippen LogP) is 3.90. The van der Waals surface area contributed by atoms with Gasteiger partial charge in [-0.1, -0.05) is 12.1 Å². The number of nitrogens with zero attached hydrogens (tertiary/aromatic N) is 1. The minimum atomic E-state index is -0.529. The van der Waals surface area contributed by atoms with Gasteiger partial charge < -0.3 is 23.7 Å². The van der Waals surface area contributed by atoms with Crippen LogP contribution in [-0.2, 0) is 22.4 Å². The molecule has 0 spiro atoms. The average Bonchev–Trinajstić information content (AvgIpc) is 3.23. The van der Waals surface area contributed by atoms with Gasteiger partial charge in [-0.05, 0) is 60.4 Å². The molecule has 1 aliphatic heterocycles. The van der Waals surface area contributed by atoms with E-state index in [1.165, 1.54) is 13.3 Å². The van der Waals surface area contributed by atoms with Crippen LogP contribution in [0.4, 0.5) is 0 Å². The van der Waals surface area contributed by atoms with Crippen LogP contribution in [0, 0.1) is 11.8 Å². The van der Waals surface area contributed by atoms with Crippen LogP contribution in [0.1, 0.15) is 21.5 Å². The van der Waals surface area contributed by atoms with Crippen LogP contribution in [0.25, 0.3) is 0 Å². The van der Waals surface area contributed by atoms with Crippen LogP contribution < -0.4 is 18.9 Å². The lowest BCUT2D eigenvalue weighted by Crippen LogP contribution is -2.20. The van der Waals surface area contributed by atoms with Gasteiger partial charge in [-0.2, -0.15) is 0 Å². The van der Waals surface area contributed by atoms with Gasteiger partial charge in [0, 0.05) is 18.3 Å². The summed E-state index contributed by atoms with van der Waals surface area (Å²) in [4.78, 5) is 28.9. The number of hydrogen-bond donors (Lipinski definition) is 0. The second kappa shape index (κ2) is 10.9. The zero-order chi connectivity index (χ0) is 24.8. The topological polar surface area (TPSA) is 93.2 Å². The highest BCUT2D eigenvalue weighted by atomic mass is 16.6. The Bertz CT molecular complexity index is 1200. The number of ether oxygens (including phenoxy) is 5. The summed E-state index contributed by atoms with van der Waals surface area (Å²) < 4.78 is 27.1. The van der Waals surface area contributed by atoms with Crippen molar-refractivity contribution in [1.29, 1.82) is 0 Å². The van der Waals surface area contributed by atoms with Crippen molar-refractivity contribution < 1.29 is 33.3 Å². The molecule has 1 saturated heterocycles. The average molecular weight is 478 g/mol. The Morgan fingerprint density at radius 1 is 0.914 bits per heavy atom. The predicted molar refractivity (Wildman–Crippen MR) is 127 cm³/mol. The smallest absolute Gasteiger partial charge is 0.345 e. The van der Waals surface area contributed by atoms with E-state index in [0.29, 0.717) is 48.0 Å². The SMILES string of the molecule is COc1ccc(C[C@H]2COC(=O)[C@@H]2Cc2ccc(OC(=O)c3cccnc3)c(OC)c2)cc1OC. The first-order chi connectivity index (χ1) is 17.0. The highest BCUT2D eigenvalue weighted by Gasteiger charge is 2.37. The van der Waals surface area contributed by atoms with Crippen molar-refractivity contribution in [2.45, 2.75) is 12.8 Å². The molecule has 1 fully saturated rings. The van der Waals surface area contributed by atoms with Crippen LogP contribution in [-0.4, -0.2) is 44.9 Å². The Morgan fingerprint density at radius 2 is 1.57 bits per heavy atom. The molecule has 1 aromatic heterocycles. The molecule has 2 aromatic carbocycles. The van der Waals surface area contributed by atoms with Gasteiger partial charge in [0.05, 0.1) is 39.4 Å². The summed E-state index contributed by atoms with van der Waals surface area (Å²) in [5, 5.41) is 0. The third-order valence-corrected chi connectivity index (χ3v) is 6.04. The molecule has 182 valence electrons. The lowest BCUT2D eigenvalue weighted by molar-refractivity contribution is -0.141. The fourth-order valence-corrected chi connectivity index (χ4v) is 4.19. The fraction of sp³-hybridized carbons (Fsp3) is 0.296. The minimum absolute atomic E-state index is 0.00896. The van der Waals surface area contributed by atoms with Gasteiger partial charge in [0.25, 0.3) is 0 Å². The van der Waals surface area contributed by atoms with Crippen molar-refractivity contribution >= 4 is 11.9 Å². The summed E-state index contributed by atoms with van der Waals surface area (Å²) in [6.45, 7) is 0.357. The standard InChI is InChI=1S/C27H27NO7/c1-31-22-8-6-17(13-24(22)32-2)11-20-16-34-27(30)21(20)12-18-7-9-23(25(14-18)33-3)35-26(29)19-5-4-10-28-15-19/h4-10,13-15,20-21H,11-12,16H2,1-3H3/t20-,21+/m0/s1. The Labute approximate surface area is 203 Å². The lowest BCUT2D eigenvalue weighted by Gasteiger charge is -2.17. The van der Waals surface area contributed by atoms with Gasteiger partial charge in [-0.25, -0.2) is 4.79 Å². The van der Waals surface area contributed by atoms with Crippen LogP contribution >= 0.6 is 0 Å². The summed E-state index contributed by atoms with van der Waals surface area (Å²) in [7, 11) is 4.69. The van der Waals surface area contributed by atoms with Crippen molar-refractivity contribution in [3.63, 3.8) is 0 Å². The number of pyridine rings is 1. The Hall–Kier alpha value is -4.07. The van der Waals surface area contributed by atoms with Crippen molar-refractivity contribution in [3.05, 3.63) is 77.6 Å². The summed E-state index contributed by atoms with van der Waals surface area (Å²) in [5.41, 5.74) is 2.25. The van der Waals surface area contributed by atoms with Crippen LogP contribution in [0.2, 0.25) is 0 Å². The normalized spacial score (nSPS) is 16.9. The number of benzene rings is 2. The van der Waals surface area contributed by atoms with Gasteiger partial charge >= 0.3 is 11.9 Å². The Kier molecular flexibility index (Phi) is 7.50. The number of esters is 2. The summed E-state index contributed by atoms with van der Waals surface area (Å²) in [5.74, 6) is 0.950. The molecular formula is C27H27NO7. The van der Waals surface area contributed by atoms with E-state index in [1.54, 1.807) is 44.7 Å². The maximum atomic E-state index is 12.6. The summed E-state index contributed by atoms with van der Waals surface area (Å²) in [6, 6.07) is 14.3. The number of carbonyl (C=O) groups is 2. The molecule has 35 heavy (non-hydrogen) atoms. The van der Waals surface area contributed by atoms with E-state index in [4.69, 9.17) is 23.7 Å². The van der Waals surface area contributed by atoms with Crippen molar-refractivity contribution in [2.24, 2.45) is 11.8 Å². The van der Waals surface area contributed by atoms with E-state index >= 15 is 0 Å². The highest BCUT2D eigenvalue weighted by molar-refractivity contribution is 5.91. The molecule has 0 bridgehead atoms. The maximum Gasteiger partial charge on any atom is 0.345 e. The second-order valence-electron chi connectivity index (χ2n) is 8.21. The second-order valence-corrected chi connectivity index (χ2v) is 8.21. The van der Waals surface area contributed by atoms with Crippen molar-refractivity contribution in [1.82, 2.24) is 4.98 Å². The van der Waals surface area contributed by atoms with E-state index in [1.807, 2.05) is 24.3 Å². The van der Waals surface area contributed by atoms with Crippen LogP contribution in [0.3, 0.4) is 0 Å². The number of aromatic nitrogens is 1. The molecule has 2 heterocycles. The molecule has 4 rings (SSSR count). The fourth-order valence-electron chi connectivity index (χ4n) is 4.19. The minimum Gasteiger partial charge on any atom is -0.493 e. The zero-order valence-corrected chi connectivity index (χ0v) is 19.9. The molecule has 0 N–H and O–H groups in total. The molecule has 8 heteroatoms. The van der Waals surface area contributed by atoms with Gasteiger partial charge in [0.15, 0.2) is 23.0 Å². The lowest BCUT2D eigenvalue weighted by atomic mass is 9.85. The quantitative estimate of drug-likeness (QED) is 0.338. The van der Waals surface area contributed by atoms with E-state index in [0.717, 1.165) is 11.1 Å². The molecule has 2 atom stereocenters. The molecule has 0 amide bonds. The largest absolute Gasteiger partial charge is 0.493 e. The first-order valence-electron chi connectivity index (χ1n) is 11.2. The van der Waals surface area contributed by atoms with Gasteiger partial charge in [-0.3, -0.25) is 9.78 Å². The van der Waals surface area contributed by atoms with Crippen molar-refractivity contribution in [3.8, 4) is 23.0 Å². The number of cyclic esters (lactones) is 1. The summed E-state index contributed by atoms with van der Waals surface area (Å²) >= 11 is 0. The molecule has 8 nitrogen and oxygen atoms in total. The summed E-state index contributed by atoms with van der Waals surface area (Å²) in [6.07, 6.45) is 4.16. The van der Waals surface area contributed by atoms with Crippen molar-refractivity contribution in [2.75, 3.05) is 27.9 Å². The zero-order valence-electron chi connectivity index (χ0n) is 19.9. The number of hydrogen-bond acceptors (Lipinski definition) is 8. The molecule has 0 saturated carbocycles. The van der Waals surface area contributed by atoms with E-state index < -0.39 is 5.97 Å². The molecule has 0 aliphatic carbocycles. The van der Waals surface area contributed by atoms with E-state index in [2.05, 4.69) is 4.98 Å². The molecule has 1 aliphatic rings. The van der Waals surface area contributed by atoms with Gasteiger partial charge in [-0.15, -0.1) is 0 Å². The Morgan fingerprint density at radius 3 is 2.23 bits per heavy atom. The molecule has 3 aromatic rings. The van der Waals surface area contributed by atoms with Gasteiger partial charge in [0.2, 0.25) is 0 Å². The molecular weight excluding hydrogens is 450 g/mol. The van der Waals surface area contributed by atoms with Crippen LogP contribution in [0.15, 0.2) is 60.9 Å². The van der Waals surface area contributed by atoms with Crippen LogP contribution in [0.5, 0.6) is 23.0 Å². The number of methoxy groups -OCH3 is 3. The number of carbonyl (C=O) groups excluding carboxylic acids is 2. The van der Waals surface area contributed by atoms with Gasteiger partial charge in [0.1, 0.15) is 0 Å². The first-order valence-corrected chi connectivity index (χ1v) is 11.2. The van der Waals surface area contributed by atoms with E-state index in [-0.39, 0.29) is 17.8 Å². The molecule has 0 unspecified atom stereocenters. The first kappa shape index (κ1) is 24.1. The highest BCUT2D eigenvalue weighted by Crippen LogP contribution is 2.35. The Balaban J connectivity index is 1.48. The third kappa shape index (κ3) is 5.54. The van der Waals surface area contributed by atoms with E-state index in [9.17, 15) is 9.59 Å². The molecule has 0 radical (unpaired) electrons. The monoisotopic (exact) mass is 477 g/mol. The third-order valence-electron chi connectivity index (χ3n) is 6.04. The number of rotatable bonds is 9.